The normalized spacial score (nSPS) is 22.0. The lowest BCUT2D eigenvalue weighted by molar-refractivity contribution is -0.136. The van der Waals surface area contributed by atoms with Gasteiger partial charge in [-0.15, -0.1) is 5.10 Å². The minimum atomic E-state index is -0.343. The largest absolute Gasteiger partial charge is 0.367 e. The Morgan fingerprint density at radius 3 is 2.65 bits per heavy atom. The summed E-state index contributed by atoms with van der Waals surface area (Å²) in [5.41, 5.74) is 0.731. The summed E-state index contributed by atoms with van der Waals surface area (Å²) < 4.78 is 7.78. The Hall–Kier alpha value is -2.32. The SMILES string of the molecule is CCN(CC)C1(c2nnnn2C2CCCC2)CCN(C(=O)COCc2ccccc2)C1. The van der Waals surface area contributed by atoms with Crippen molar-refractivity contribution in [3.63, 3.8) is 0 Å². The van der Waals surface area contributed by atoms with Crippen LogP contribution in [0.15, 0.2) is 30.3 Å². The number of carbonyl (C=O) groups excluding carboxylic acids is 1. The standard InChI is InChI=1S/C23H34N6O2/c1-3-28(4-2)23(22-24-25-26-29(22)20-12-8-9-13-20)14-15-27(18-23)21(30)17-31-16-19-10-6-5-7-11-19/h5-7,10-11,20H,3-4,8-9,12-18H2,1-2H3. The van der Waals surface area contributed by atoms with Crippen LogP contribution in [-0.4, -0.2) is 68.7 Å². The lowest BCUT2D eigenvalue weighted by Crippen LogP contribution is -2.50. The van der Waals surface area contributed by atoms with Crippen molar-refractivity contribution in [2.24, 2.45) is 0 Å². The predicted molar refractivity (Wildman–Crippen MR) is 117 cm³/mol. The van der Waals surface area contributed by atoms with Crippen molar-refractivity contribution in [2.45, 2.75) is 64.1 Å². The summed E-state index contributed by atoms with van der Waals surface area (Å²) >= 11 is 0. The highest BCUT2D eigenvalue weighted by molar-refractivity contribution is 5.78. The Morgan fingerprint density at radius 2 is 1.94 bits per heavy atom. The maximum Gasteiger partial charge on any atom is 0.248 e. The molecule has 0 N–H and O–H groups in total. The Bertz CT molecular complexity index is 847. The monoisotopic (exact) mass is 426 g/mol. The van der Waals surface area contributed by atoms with E-state index in [-0.39, 0.29) is 18.1 Å². The van der Waals surface area contributed by atoms with E-state index in [0.29, 0.717) is 25.7 Å². The quantitative estimate of drug-likeness (QED) is 0.614. The maximum atomic E-state index is 13.0. The summed E-state index contributed by atoms with van der Waals surface area (Å²) in [4.78, 5) is 17.3. The van der Waals surface area contributed by atoms with Crippen molar-refractivity contribution < 1.29 is 9.53 Å². The molecule has 1 aliphatic carbocycles. The molecule has 0 radical (unpaired) electrons. The number of likely N-dealkylation sites (tertiary alicyclic amines) is 1. The Labute approximate surface area is 184 Å². The highest BCUT2D eigenvalue weighted by Gasteiger charge is 2.49. The van der Waals surface area contributed by atoms with Crippen molar-refractivity contribution >= 4 is 5.91 Å². The summed E-state index contributed by atoms with van der Waals surface area (Å²) in [6.07, 6.45) is 5.55. The van der Waals surface area contributed by atoms with Gasteiger partial charge in [0, 0.05) is 13.1 Å². The Balaban J connectivity index is 1.48. The molecule has 1 amide bonds. The highest BCUT2D eigenvalue weighted by Crippen LogP contribution is 2.39. The van der Waals surface area contributed by atoms with Gasteiger partial charge in [-0.25, -0.2) is 4.68 Å². The van der Waals surface area contributed by atoms with Crippen LogP contribution < -0.4 is 0 Å². The fourth-order valence-corrected chi connectivity index (χ4v) is 5.23. The van der Waals surface area contributed by atoms with Crippen LogP contribution in [0.1, 0.15) is 63.4 Å². The van der Waals surface area contributed by atoms with Crippen LogP contribution in [0, 0.1) is 0 Å². The molecule has 8 heteroatoms. The van der Waals surface area contributed by atoms with E-state index >= 15 is 0 Å². The molecule has 1 atom stereocenters. The second-order valence-electron chi connectivity index (χ2n) is 8.63. The van der Waals surface area contributed by atoms with Crippen molar-refractivity contribution in [2.75, 3.05) is 32.8 Å². The van der Waals surface area contributed by atoms with E-state index in [2.05, 4.69) is 39.0 Å². The molecule has 1 aromatic heterocycles. The zero-order chi connectivity index (χ0) is 21.7. The lowest BCUT2D eigenvalue weighted by Gasteiger charge is -2.39. The molecule has 0 spiro atoms. The predicted octanol–water partition coefficient (Wildman–Crippen LogP) is 2.77. The lowest BCUT2D eigenvalue weighted by atomic mass is 9.94. The number of carbonyl (C=O) groups is 1. The number of nitrogens with zero attached hydrogens (tertiary/aromatic N) is 6. The first kappa shape index (κ1) is 21.9. The van der Waals surface area contributed by atoms with E-state index in [1.165, 1.54) is 12.8 Å². The number of rotatable bonds is 9. The number of tetrazole rings is 1. The van der Waals surface area contributed by atoms with E-state index in [4.69, 9.17) is 4.74 Å². The van der Waals surface area contributed by atoms with Crippen LogP contribution in [-0.2, 0) is 21.7 Å². The van der Waals surface area contributed by atoms with Gasteiger partial charge in [-0.05, 0) is 48.3 Å². The van der Waals surface area contributed by atoms with Gasteiger partial charge in [-0.1, -0.05) is 57.0 Å². The molecule has 2 heterocycles. The first-order valence-corrected chi connectivity index (χ1v) is 11.6. The molecule has 4 rings (SSSR count). The van der Waals surface area contributed by atoms with Gasteiger partial charge in [0.2, 0.25) is 5.91 Å². The number of likely N-dealkylation sites (N-methyl/N-ethyl adjacent to an activating group) is 1. The first-order valence-electron chi connectivity index (χ1n) is 11.6. The van der Waals surface area contributed by atoms with Gasteiger partial charge in [-0.2, -0.15) is 0 Å². The maximum absolute atomic E-state index is 13.0. The minimum absolute atomic E-state index is 0.0323. The molecule has 0 bridgehead atoms. The van der Waals surface area contributed by atoms with Gasteiger partial charge < -0.3 is 9.64 Å². The second-order valence-corrected chi connectivity index (χ2v) is 8.63. The number of ether oxygens (including phenoxy) is 1. The third-order valence-corrected chi connectivity index (χ3v) is 6.89. The Morgan fingerprint density at radius 1 is 1.19 bits per heavy atom. The molecule has 8 nitrogen and oxygen atoms in total. The van der Waals surface area contributed by atoms with E-state index in [1.807, 2.05) is 35.2 Å². The van der Waals surface area contributed by atoms with Gasteiger partial charge in [0.05, 0.1) is 12.6 Å². The van der Waals surface area contributed by atoms with E-state index in [9.17, 15) is 4.79 Å². The topological polar surface area (TPSA) is 76.4 Å². The fraction of sp³-hybridized carbons (Fsp3) is 0.652. The third kappa shape index (κ3) is 4.50. The molecule has 1 unspecified atom stereocenters. The summed E-state index contributed by atoms with van der Waals surface area (Å²) in [5.74, 6) is 0.952. The van der Waals surface area contributed by atoms with Crippen LogP contribution in [0.5, 0.6) is 0 Å². The summed E-state index contributed by atoms with van der Waals surface area (Å²) in [5, 5.41) is 13.0. The number of amides is 1. The van der Waals surface area contributed by atoms with Crippen molar-refractivity contribution in [1.82, 2.24) is 30.0 Å². The number of aromatic nitrogens is 4. The second kappa shape index (κ2) is 9.87. The van der Waals surface area contributed by atoms with E-state index in [0.717, 1.165) is 43.7 Å². The van der Waals surface area contributed by atoms with Gasteiger partial charge >= 0.3 is 0 Å². The molecular weight excluding hydrogens is 392 g/mol. The van der Waals surface area contributed by atoms with Gasteiger partial charge in [-0.3, -0.25) is 9.69 Å². The van der Waals surface area contributed by atoms with Crippen LogP contribution in [0.3, 0.4) is 0 Å². The molecule has 1 saturated carbocycles. The molecule has 1 saturated heterocycles. The van der Waals surface area contributed by atoms with Crippen molar-refractivity contribution in [1.29, 1.82) is 0 Å². The Kier molecular flexibility index (Phi) is 6.97. The molecule has 31 heavy (non-hydrogen) atoms. The van der Waals surface area contributed by atoms with Crippen molar-refractivity contribution in [3.05, 3.63) is 41.7 Å². The molecule has 168 valence electrons. The van der Waals surface area contributed by atoms with Gasteiger partial charge in [0.15, 0.2) is 5.82 Å². The highest BCUT2D eigenvalue weighted by atomic mass is 16.5. The van der Waals surface area contributed by atoms with Crippen LogP contribution >= 0.6 is 0 Å². The minimum Gasteiger partial charge on any atom is -0.367 e. The van der Waals surface area contributed by atoms with Gasteiger partial charge in [0.25, 0.3) is 0 Å². The molecule has 1 aliphatic heterocycles. The first-order chi connectivity index (χ1) is 15.2. The van der Waals surface area contributed by atoms with Crippen LogP contribution in [0.2, 0.25) is 0 Å². The zero-order valence-electron chi connectivity index (χ0n) is 18.7. The van der Waals surface area contributed by atoms with Gasteiger partial charge in [0.1, 0.15) is 12.1 Å². The summed E-state index contributed by atoms with van der Waals surface area (Å²) in [7, 11) is 0. The average Bonchev–Trinajstić information content (AvgIpc) is 3.55. The fourth-order valence-electron chi connectivity index (χ4n) is 5.23. The number of hydrogen-bond donors (Lipinski definition) is 0. The molecule has 2 aliphatic rings. The van der Waals surface area contributed by atoms with E-state index < -0.39 is 0 Å². The third-order valence-electron chi connectivity index (χ3n) is 6.89. The van der Waals surface area contributed by atoms with E-state index in [1.54, 1.807) is 0 Å². The molecular formula is C23H34N6O2. The smallest absolute Gasteiger partial charge is 0.248 e. The number of benzene rings is 1. The zero-order valence-corrected chi connectivity index (χ0v) is 18.7. The molecule has 2 aromatic rings. The van der Waals surface area contributed by atoms with Crippen molar-refractivity contribution in [3.8, 4) is 0 Å². The number of hydrogen-bond acceptors (Lipinski definition) is 6. The molecule has 1 aromatic carbocycles. The average molecular weight is 427 g/mol. The molecule has 2 fully saturated rings. The van der Waals surface area contributed by atoms with Crippen LogP contribution in [0.4, 0.5) is 0 Å². The summed E-state index contributed by atoms with van der Waals surface area (Å²) in [6.45, 7) is 7.96. The summed E-state index contributed by atoms with van der Waals surface area (Å²) in [6, 6.07) is 10.3. The van der Waals surface area contributed by atoms with Crippen LogP contribution in [0.25, 0.3) is 0 Å².